The van der Waals surface area contributed by atoms with Crippen molar-refractivity contribution in [3.05, 3.63) is 53.4 Å². The van der Waals surface area contributed by atoms with Crippen LogP contribution in [0.4, 0.5) is 0 Å². The summed E-state index contributed by atoms with van der Waals surface area (Å²) in [5.74, 6) is 1.96. The fourth-order valence-corrected chi connectivity index (χ4v) is 3.44. The maximum Gasteiger partial charge on any atom is 0.149 e. The van der Waals surface area contributed by atoms with Crippen molar-refractivity contribution in [3.8, 4) is 17.2 Å². The number of aromatic hydroxyl groups is 1. The number of hydrogen-bond donors (Lipinski definition) is 1. The highest BCUT2D eigenvalue weighted by Gasteiger charge is 2.13. The maximum absolute atomic E-state index is 9.34. The summed E-state index contributed by atoms with van der Waals surface area (Å²) >= 11 is 1.80. The van der Waals surface area contributed by atoms with Crippen LogP contribution in [0, 0.1) is 0 Å². The number of rotatable bonds is 4. The van der Waals surface area contributed by atoms with Crippen molar-refractivity contribution >= 4 is 21.4 Å². The van der Waals surface area contributed by atoms with E-state index in [1.807, 2.05) is 6.07 Å². The van der Waals surface area contributed by atoms with Gasteiger partial charge in [-0.15, -0.1) is 11.3 Å². The van der Waals surface area contributed by atoms with E-state index in [2.05, 4.69) is 25.1 Å². The number of hydrogen-bond acceptors (Lipinski definition) is 3. The Bertz CT molecular complexity index is 713. The lowest BCUT2D eigenvalue weighted by Crippen LogP contribution is -1.87. The van der Waals surface area contributed by atoms with Gasteiger partial charge in [0.1, 0.15) is 17.2 Å². The van der Waals surface area contributed by atoms with Crippen molar-refractivity contribution in [1.29, 1.82) is 0 Å². The molecule has 0 radical (unpaired) electrons. The van der Waals surface area contributed by atoms with E-state index in [1.165, 1.54) is 9.58 Å². The number of aryl methyl sites for hydroxylation is 1. The summed E-state index contributed by atoms with van der Waals surface area (Å²) in [7, 11) is 0. The molecule has 0 fully saturated rings. The monoisotopic (exact) mass is 284 g/mol. The normalized spacial score (nSPS) is 10.8. The van der Waals surface area contributed by atoms with Crippen LogP contribution in [0.15, 0.2) is 48.5 Å². The molecule has 0 spiro atoms. The summed E-state index contributed by atoms with van der Waals surface area (Å²) < 4.78 is 7.32. The van der Waals surface area contributed by atoms with Gasteiger partial charge in [-0.25, -0.2) is 0 Å². The molecule has 0 saturated heterocycles. The van der Waals surface area contributed by atoms with Gasteiger partial charge in [0.2, 0.25) is 0 Å². The van der Waals surface area contributed by atoms with Crippen molar-refractivity contribution < 1.29 is 9.84 Å². The summed E-state index contributed by atoms with van der Waals surface area (Å²) in [5.41, 5.74) is 0. The highest BCUT2D eigenvalue weighted by Crippen LogP contribution is 2.40. The van der Waals surface area contributed by atoms with Crippen LogP contribution >= 0.6 is 11.3 Å². The van der Waals surface area contributed by atoms with Gasteiger partial charge in [0, 0.05) is 15.0 Å². The molecule has 1 aromatic heterocycles. The van der Waals surface area contributed by atoms with Gasteiger partial charge in [0.05, 0.1) is 0 Å². The van der Waals surface area contributed by atoms with Gasteiger partial charge in [-0.05, 0) is 42.8 Å². The first-order valence-corrected chi connectivity index (χ1v) is 7.57. The first kappa shape index (κ1) is 13.0. The lowest BCUT2D eigenvalue weighted by Gasteiger charge is -2.07. The first-order chi connectivity index (χ1) is 9.78. The van der Waals surface area contributed by atoms with Crippen LogP contribution in [0.3, 0.4) is 0 Å². The van der Waals surface area contributed by atoms with Gasteiger partial charge in [0.15, 0.2) is 0 Å². The minimum absolute atomic E-state index is 0.251. The zero-order chi connectivity index (χ0) is 13.9. The third-order valence-electron chi connectivity index (χ3n) is 3.15. The number of thiophene rings is 1. The van der Waals surface area contributed by atoms with E-state index in [1.54, 1.807) is 35.6 Å². The van der Waals surface area contributed by atoms with Crippen molar-refractivity contribution in [3.63, 3.8) is 0 Å². The van der Waals surface area contributed by atoms with Crippen molar-refractivity contribution in [2.45, 2.75) is 19.8 Å². The molecule has 1 heterocycles. The van der Waals surface area contributed by atoms with E-state index in [4.69, 9.17) is 4.74 Å². The van der Waals surface area contributed by atoms with Crippen LogP contribution in [0.5, 0.6) is 17.2 Å². The van der Waals surface area contributed by atoms with Crippen LogP contribution < -0.4 is 4.74 Å². The summed E-state index contributed by atoms with van der Waals surface area (Å²) in [5, 5.41) is 10.5. The minimum Gasteiger partial charge on any atom is -0.508 e. The zero-order valence-electron chi connectivity index (χ0n) is 11.3. The number of phenolic OH excluding ortho intramolecular Hbond substituents is 1. The lowest BCUT2D eigenvalue weighted by molar-refractivity contribution is 0.465. The van der Waals surface area contributed by atoms with E-state index < -0.39 is 0 Å². The molecule has 3 rings (SSSR count). The number of phenols is 1. The van der Waals surface area contributed by atoms with Crippen LogP contribution in [0.25, 0.3) is 10.1 Å². The third-order valence-corrected chi connectivity index (χ3v) is 4.36. The summed E-state index contributed by atoms with van der Waals surface area (Å²) in [6.07, 6.45) is 2.12. The molecule has 0 amide bonds. The Morgan fingerprint density at radius 3 is 2.55 bits per heavy atom. The third kappa shape index (κ3) is 2.49. The fourth-order valence-electron chi connectivity index (χ4n) is 2.21. The second-order valence-corrected chi connectivity index (χ2v) is 5.83. The molecule has 3 aromatic rings. The number of fused-ring (bicyclic) bond motifs is 1. The van der Waals surface area contributed by atoms with E-state index >= 15 is 0 Å². The maximum atomic E-state index is 9.34. The summed E-state index contributed by atoms with van der Waals surface area (Å²) in [4.78, 5) is 1.28. The molecule has 0 atom stereocenters. The van der Waals surface area contributed by atoms with Crippen LogP contribution in [-0.2, 0) is 6.42 Å². The Kier molecular flexibility index (Phi) is 3.61. The van der Waals surface area contributed by atoms with Gasteiger partial charge in [-0.1, -0.05) is 25.5 Å². The van der Waals surface area contributed by atoms with E-state index in [9.17, 15) is 5.11 Å². The van der Waals surface area contributed by atoms with E-state index in [0.29, 0.717) is 0 Å². The van der Waals surface area contributed by atoms with E-state index in [0.717, 1.165) is 29.7 Å². The Balaban J connectivity index is 2.04. The number of ether oxygens (including phenoxy) is 1. The predicted molar refractivity (Wildman–Crippen MR) is 84.0 cm³/mol. The number of benzene rings is 2. The topological polar surface area (TPSA) is 29.5 Å². The van der Waals surface area contributed by atoms with Gasteiger partial charge in [-0.2, -0.15) is 0 Å². The summed E-state index contributed by atoms with van der Waals surface area (Å²) in [6.45, 7) is 2.18. The predicted octanol–water partition coefficient (Wildman–Crippen LogP) is 5.35. The van der Waals surface area contributed by atoms with Gasteiger partial charge >= 0.3 is 0 Å². The van der Waals surface area contributed by atoms with Gasteiger partial charge in [-0.3, -0.25) is 0 Å². The molecule has 0 aliphatic rings. The molecule has 3 heteroatoms. The Morgan fingerprint density at radius 1 is 1.05 bits per heavy atom. The van der Waals surface area contributed by atoms with Crippen molar-refractivity contribution in [2.75, 3.05) is 0 Å². The van der Waals surface area contributed by atoms with Crippen molar-refractivity contribution in [2.24, 2.45) is 0 Å². The second kappa shape index (κ2) is 5.55. The molecular formula is C17H16O2S. The molecule has 0 aliphatic heterocycles. The van der Waals surface area contributed by atoms with Crippen molar-refractivity contribution in [1.82, 2.24) is 0 Å². The highest BCUT2D eigenvalue weighted by atomic mass is 32.1. The molecule has 0 aliphatic carbocycles. The van der Waals surface area contributed by atoms with Crippen LogP contribution in [-0.4, -0.2) is 5.11 Å². The molecule has 0 unspecified atom stereocenters. The highest BCUT2D eigenvalue weighted by molar-refractivity contribution is 7.19. The SMILES string of the molecule is CCCc1sc2ccccc2c1Oc1ccc(O)cc1. The average Bonchev–Trinajstić information content (AvgIpc) is 2.80. The standard InChI is InChI=1S/C17H16O2S/c1-2-5-16-17(14-6-3-4-7-15(14)20-16)19-13-10-8-12(18)9-11-13/h3-4,6-11,18H,2,5H2,1H3. The molecule has 1 N–H and O–H groups in total. The molecule has 2 aromatic carbocycles. The average molecular weight is 284 g/mol. The molecule has 0 bridgehead atoms. The van der Waals surface area contributed by atoms with Crippen LogP contribution in [0.2, 0.25) is 0 Å². The van der Waals surface area contributed by atoms with Crippen LogP contribution in [0.1, 0.15) is 18.2 Å². The Morgan fingerprint density at radius 2 is 1.80 bits per heavy atom. The summed E-state index contributed by atoms with van der Waals surface area (Å²) in [6, 6.07) is 15.2. The zero-order valence-corrected chi connectivity index (χ0v) is 12.1. The smallest absolute Gasteiger partial charge is 0.149 e. The molecule has 20 heavy (non-hydrogen) atoms. The lowest BCUT2D eigenvalue weighted by atomic mass is 10.2. The van der Waals surface area contributed by atoms with Gasteiger partial charge < -0.3 is 9.84 Å². The Labute approximate surface area is 122 Å². The largest absolute Gasteiger partial charge is 0.508 e. The first-order valence-electron chi connectivity index (χ1n) is 6.75. The molecular weight excluding hydrogens is 268 g/mol. The molecule has 0 saturated carbocycles. The molecule has 102 valence electrons. The molecule has 2 nitrogen and oxygen atoms in total. The quantitative estimate of drug-likeness (QED) is 0.699. The van der Waals surface area contributed by atoms with E-state index in [-0.39, 0.29) is 5.75 Å². The fraction of sp³-hybridized carbons (Fsp3) is 0.176. The van der Waals surface area contributed by atoms with Gasteiger partial charge in [0.25, 0.3) is 0 Å². The second-order valence-electron chi connectivity index (χ2n) is 4.70. The minimum atomic E-state index is 0.251. The Hall–Kier alpha value is -2.00.